The number of imide groups is 1. The summed E-state index contributed by atoms with van der Waals surface area (Å²) in [7, 11) is 0. The van der Waals surface area contributed by atoms with E-state index in [0.717, 1.165) is 25.7 Å². The molecular weight excluding hydrogens is 279 g/mol. The first-order valence-corrected chi connectivity index (χ1v) is 7.28. The number of carbonyl (C=O) groups excluding carboxylic acids is 2. The Kier molecular flexibility index (Phi) is 6.58. The molecule has 7 heteroatoms. The fourth-order valence-electron chi connectivity index (χ4n) is 2.45. The van der Waals surface area contributed by atoms with Crippen LogP contribution in [-0.4, -0.2) is 41.3 Å². The van der Waals surface area contributed by atoms with Crippen LogP contribution in [0.15, 0.2) is 0 Å². The summed E-state index contributed by atoms with van der Waals surface area (Å²) in [6.07, 6.45) is 2.26. The molecule has 0 saturated heterocycles. The molecule has 0 aliphatic heterocycles. The van der Waals surface area contributed by atoms with Crippen LogP contribution in [0.5, 0.6) is 0 Å². The third-order valence-corrected chi connectivity index (χ3v) is 4.01. The zero-order valence-electron chi connectivity index (χ0n) is 12.5. The first-order chi connectivity index (χ1) is 9.81. The van der Waals surface area contributed by atoms with E-state index in [9.17, 15) is 18.8 Å². The molecule has 0 radical (unpaired) electrons. The highest BCUT2D eigenvalue weighted by atomic mass is 19.1. The molecule has 0 aromatic rings. The zero-order valence-corrected chi connectivity index (χ0v) is 12.5. The quantitative estimate of drug-likeness (QED) is 0.604. The zero-order chi connectivity index (χ0) is 16.0. The highest BCUT2D eigenvalue weighted by Gasteiger charge is 2.27. The first-order valence-electron chi connectivity index (χ1n) is 7.28. The molecule has 0 heterocycles. The average Bonchev–Trinajstić information content (AvgIpc) is 2.43. The summed E-state index contributed by atoms with van der Waals surface area (Å²) in [6.45, 7) is 3.41. The number of halogens is 1. The predicted molar refractivity (Wildman–Crippen MR) is 74.5 cm³/mol. The van der Waals surface area contributed by atoms with Crippen molar-refractivity contribution < 1.29 is 23.9 Å². The lowest BCUT2D eigenvalue weighted by Crippen LogP contribution is -2.46. The minimum absolute atomic E-state index is 0.310. The molecule has 0 aromatic heterocycles. The molecule has 2 N–H and O–H groups in total. The number of hydrogen-bond acceptors (Lipinski definition) is 3. The smallest absolute Gasteiger partial charge is 0.408 e. The van der Waals surface area contributed by atoms with Gasteiger partial charge in [0.1, 0.15) is 0 Å². The summed E-state index contributed by atoms with van der Waals surface area (Å²) in [4.78, 5) is 33.7. The van der Waals surface area contributed by atoms with E-state index in [4.69, 9.17) is 5.11 Å². The van der Waals surface area contributed by atoms with E-state index in [1.807, 2.05) is 0 Å². The van der Waals surface area contributed by atoms with Gasteiger partial charge in [0, 0.05) is 13.1 Å². The van der Waals surface area contributed by atoms with Crippen LogP contribution >= 0.6 is 0 Å². The predicted octanol–water partition coefficient (Wildman–Crippen LogP) is 2.63. The standard InChI is InChI=1S/C14H23FN2O4/c1-9-3-5-11(6-4-9)7-16-14(21)17(13(15)20)8-10(2)12(18)19/h9-11H,3-8H2,1-2H3,(H,16,21)(H,18,19)/t9?,10-,11?/m0/s1. The number of nitrogens with one attached hydrogen (secondary N) is 1. The molecule has 120 valence electrons. The van der Waals surface area contributed by atoms with Crippen molar-refractivity contribution in [3.05, 3.63) is 0 Å². The van der Waals surface area contributed by atoms with Gasteiger partial charge in [-0.25, -0.2) is 14.5 Å². The van der Waals surface area contributed by atoms with E-state index >= 15 is 0 Å². The molecule has 1 aliphatic carbocycles. The summed E-state index contributed by atoms with van der Waals surface area (Å²) >= 11 is 0. The second-order valence-corrected chi connectivity index (χ2v) is 5.91. The summed E-state index contributed by atoms with van der Waals surface area (Å²) in [6, 6.07) is -0.866. The van der Waals surface area contributed by atoms with Crippen LogP contribution in [0.1, 0.15) is 39.5 Å². The second-order valence-electron chi connectivity index (χ2n) is 5.91. The van der Waals surface area contributed by atoms with Crippen molar-refractivity contribution in [3.63, 3.8) is 0 Å². The Labute approximate surface area is 123 Å². The maximum Gasteiger partial charge on any atom is 0.408 e. The maximum absolute atomic E-state index is 12.9. The third-order valence-electron chi connectivity index (χ3n) is 4.01. The minimum Gasteiger partial charge on any atom is -0.481 e. The normalized spacial score (nSPS) is 23.2. The lowest BCUT2D eigenvalue weighted by molar-refractivity contribution is -0.141. The van der Waals surface area contributed by atoms with Crippen LogP contribution in [0.3, 0.4) is 0 Å². The average molecular weight is 302 g/mol. The van der Waals surface area contributed by atoms with E-state index in [2.05, 4.69) is 12.2 Å². The lowest BCUT2D eigenvalue weighted by Gasteiger charge is -2.27. The summed E-state index contributed by atoms with van der Waals surface area (Å²) < 4.78 is 12.9. The Bertz CT molecular complexity index is 394. The van der Waals surface area contributed by atoms with Crippen molar-refractivity contribution >= 4 is 18.2 Å². The number of aliphatic carboxylic acids is 1. The number of carbonyl (C=O) groups is 3. The van der Waals surface area contributed by atoms with Gasteiger partial charge < -0.3 is 10.4 Å². The Morgan fingerprint density at radius 3 is 2.33 bits per heavy atom. The van der Waals surface area contributed by atoms with Gasteiger partial charge in [0.05, 0.1) is 5.92 Å². The van der Waals surface area contributed by atoms with Gasteiger partial charge >= 0.3 is 18.2 Å². The molecule has 1 fully saturated rings. The van der Waals surface area contributed by atoms with E-state index < -0.39 is 30.6 Å². The van der Waals surface area contributed by atoms with Crippen molar-refractivity contribution in [2.45, 2.75) is 39.5 Å². The van der Waals surface area contributed by atoms with Crippen LogP contribution in [0.2, 0.25) is 0 Å². The van der Waals surface area contributed by atoms with Gasteiger partial charge in [0.2, 0.25) is 0 Å². The van der Waals surface area contributed by atoms with Crippen LogP contribution in [-0.2, 0) is 4.79 Å². The Hall–Kier alpha value is -1.66. The Balaban J connectivity index is 2.46. The van der Waals surface area contributed by atoms with E-state index in [1.54, 1.807) is 0 Å². The molecule has 21 heavy (non-hydrogen) atoms. The maximum atomic E-state index is 12.9. The van der Waals surface area contributed by atoms with Gasteiger partial charge in [-0.1, -0.05) is 26.7 Å². The van der Waals surface area contributed by atoms with Crippen molar-refractivity contribution in [2.75, 3.05) is 13.1 Å². The summed E-state index contributed by atoms with van der Waals surface area (Å²) in [5.74, 6) is -1.17. The molecule has 1 atom stereocenters. The molecule has 0 bridgehead atoms. The van der Waals surface area contributed by atoms with Gasteiger partial charge in [-0.05, 0) is 24.7 Å². The van der Waals surface area contributed by atoms with Gasteiger partial charge in [0.15, 0.2) is 0 Å². The van der Waals surface area contributed by atoms with Crippen LogP contribution < -0.4 is 5.32 Å². The molecule has 1 saturated carbocycles. The number of carboxylic acids is 1. The fourth-order valence-corrected chi connectivity index (χ4v) is 2.45. The van der Waals surface area contributed by atoms with E-state index in [-0.39, 0.29) is 0 Å². The van der Waals surface area contributed by atoms with Gasteiger partial charge in [-0.3, -0.25) is 4.79 Å². The van der Waals surface area contributed by atoms with Crippen molar-refractivity contribution in [2.24, 2.45) is 17.8 Å². The van der Waals surface area contributed by atoms with Crippen molar-refractivity contribution in [1.29, 1.82) is 0 Å². The van der Waals surface area contributed by atoms with Gasteiger partial charge in [-0.15, -0.1) is 4.39 Å². The Morgan fingerprint density at radius 1 is 1.29 bits per heavy atom. The number of urea groups is 1. The second kappa shape index (κ2) is 7.95. The lowest BCUT2D eigenvalue weighted by atomic mass is 9.83. The fraction of sp³-hybridized carbons (Fsp3) is 0.786. The Morgan fingerprint density at radius 2 is 1.86 bits per heavy atom. The largest absolute Gasteiger partial charge is 0.481 e. The number of nitrogens with zero attached hydrogens (tertiary/aromatic N) is 1. The molecule has 0 spiro atoms. The van der Waals surface area contributed by atoms with Crippen molar-refractivity contribution in [1.82, 2.24) is 10.2 Å². The van der Waals surface area contributed by atoms with Gasteiger partial charge in [-0.2, -0.15) is 0 Å². The number of amides is 3. The number of hydrogen-bond donors (Lipinski definition) is 2. The SMILES string of the molecule is CC1CCC(CNC(=O)N(C[C@H](C)C(=O)O)C(=O)F)CC1. The highest BCUT2D eigenvalue weighted by Crippen LogP contribution is 2.27. The highest BCUT2D eigenvalue weighted by molar-refractivity contribution is 5.90. The van der Waals surface area contributed by atoms with Crippen LogP contribution in [0, 0.1) is 17.8 Å². The number of rotatable bonds is 5. The third kappa shape index (κ3) is 5.69. The summed E-state index contributed by atoms with van der Waals surface area (Å²) in [5.41, 5.74) is 0. The molecule has 0 unspecified atom stereocenters. The summed E-state index contributed by atoms with van der Waals surface area (Å²) in [5, 5.41) is 11.3. The molecule has 1 rings (SSSR count). The van der Waals surface area contributed by atoms with Crippen LogP contribution in [0.4, 0.5) is 14.0 Å². The molecule has 3 amide bonds. The van der Waals surface area contributed by atoms with E-state index in [0.29, 0.717) is 23.3 Å². The van der Waals surface area contributed by atoms with Crippen molar-refractivity contribution in [3.8, 4) is 0 Å². The topological polar surface area (TPSA) is 86.7 Å². The molecule has 6 nitrogen and oxygen atoms in total. The van der Waals surface area contributed by atoms with Gasteiger partial charge in [0.25, 0.3) is 0 Å². The van der Waals surface area contributed by atoms with Crippen LogP contribution in [0.25, 0.3) is 0 Å². The monoisotopic (exact) mass is 302 g/mol. The molecular formula is C14H23FN2O4. The molecule has 0 aromatic carbocycles. The minimum atomic E-state index is -1.93. The molecule has 1 aliphatic rings. The number of carboxylic acid groups (broad SMARTS) is 1. The first kappa shape index (κ1) is 17.4. The van der Waals surface area contributed by atoms with E-state index in [1.165, 1.54) is 6.92 Å².